The third kappa shape index (κ3) is 6.31. The second kappa shape index (κ2) is 4.47. The van der Waals surface area contributed by atoms with Gasteiger partial charge in [0.1, 0.15) is 0 Å². The molecule has 7 heavy (non-hydrogen) atoms. The second-order valence-electron chi connectivity index (χ2n) is 0.508. The Morgan fingerprint density at radius 3 is 2.00 bits per heavy atom. The van der Waals surface area contributed by atoms with E-state index < -0.39 is 16.4 Å². The van der Waals surface area contributed by atoms with Crippen molar-refractivity contribution in [3.8, 4) is 0 Å². The molecule has 0 aromatic heterocycles. The van der Waals surface area contributed by atoms with E-state index in [1.165, 1.54) is 0 Å². The van der Waals surface area contributed by atoms with Gasteiger partial charge in [-0.2, -0.15) is 4.39 Å². The predicted molar refractivity (Wildman–Crippen MR) is 17.8 cm³/mol. The van der Waals surface area contributed by atoms with Crippen LogP contribution in [0.2, 0.25) is 0 Å². The van der Waals surface area contributed by atoms with Crippen molar-refractivity contribution in [2.45, 2.75) is 0 Å². The van der Waals surface area contributed by atoms with E-state index in [1.807, 2.05) is 0 Å². The zero-order chi connectivity index (χ0) is 5.15. The van der Waals surface area contributed by atoms with Crippen LogP contribution in [0.4, 0.5) is 4.39 Å². The maximum Gasteiger partial charge on any atom is 1.00 e. The van der Waals surface area contributed by atoms with Crippen LogP contribution >= 0.6 is 0 Å². The summed E-state index contributed by atoms with van der Waals surface area (Å²) in [5, 5.41) is 3.85. The number of hydrogen-bond donors (Lipinski definition) is 1. The monoisotopic (exact) mass is 117 g/mol. The Labute approximate surface area is 54.3 Å². The van der Waals surface area contributed by atoms with Crippen molar-refractivity contribution in [3.05, 3.63) is 0 Å². The molecular weight excluding hydrogens is 116 g/mol. The Morgan fingerprint density at radius 1 is 1.86 bits per heavy atom. The van der Waals surface area contributed by atoms with Crippen molar-refractivity contribution in [2.24, 2.45) is 0 Å². The van der Waals surface area contributed by atoms with Crippen molar-refractivity contribution in [1.29, 1.82) is 5.41 Å². The summed E-state index contributed by atoms with van der Waals surface area (Å²) in [4.78, 5) is 0. The topological polar surface area (TPSA) is 64.0 Å². The van der Waals surface area contributed by atoms with Gasteiger partial charge in [0.2, 0.25) is 0 Å². The molecule has 0 radical (unpaired) electrons. The molecule has 36 valence electrons. The minimum Gasteiger partial charge on any atom is -0.766 e. The van der Waals surface area contributed by atoms with Crippen LogP contribution < -0.4 is 18.9 Å². The fourth-order valence-electron chi connectivity index (χ4n) is 0. The molecule has 0 aliphatic carbocycles. The minimum atomic E-state index is -2.95. The van der Waals surface area contributed by atoms with E-state index in [0.29, 0.717) is 0 Å². The van der Waals surface area contributed by atoms with Crippen LogP contribution in [0.1, 0.15) is 0 Å². The Hall–Kier alpha value is 0.307. The summed E-state index contributed by atoms with van der Waals surface area (Å²) in [6.45, 7) is 0. The van der Waals surface area contributed by atoms with Crippen LogP contribution in [-0.2, 0) is 11.1 Å². The molecule has 6 heteroatoms. The van der Waals surface area contributed by atoms with Crippen LogP contribution in [0, 0.1) is 5.41 Å². The van der Waals surface area contributed by atoms with Crippen molar-refractivity contribution < 1.29 is 32.0 Å². The molecule has 0 aliphatic heterocycles. The molecule has 0 aliphatic rings. The summed E-state index contributed by atoms with van der Waals surface area (Å²) in [7, 11) is 0. The predicted octanol–water partition coefficient (Wildman–Crippen LogP) is -3.23. The first-order chi connectivity index (χ1) is 2.64. The quantitative estimate of drug-likeness (QED) is 0.157. The van der Waals surface area contributed by atoms with Gasteiger partial charge in [0.25, 0.3) is 5.30 Å². The van der Waals surface area contributed by atoms with Crippen molar-refractivity contribution in [2.75, 3.05) is 0 Å². The molecule has 0 aromatic carbocycles. The zero-order valence-electron chi connectivity index (χ0n) is 3.60. The molecule has 0 rings (SSSR count). The molecule has 1 N–H and O–H groups in total. The molecule has 0 bridgehead atoms. The second-order valence-corrected chi connectivity index (χ2v) is 1.34. The van der Waals surface area contributed by atoms with E-state index in [-0.39, 0.29) is 18.9 Å². The third-order valence-corrected chi connectivity index (χ3v) is 0.439. The Morgan fingerprint density at radius 2 is 2.00 bits per heavy atom. The maximum absolute atomic E-state index is 10.8. The molecule has 1 atom stereocenters. The summed E-state index contributed by atoms with van der Waals surface area (Å²) in [5.41, 5.74) is 0. The van der Waals surface area contributed by atoms with Gasteiger partial charge in [0.15, 0.2) is 0 Å². The SMILES string of the molecule is N=C(F)S(=O)[O-].[Li+]. The van der Waals surface area contributed by atoms with Gasteiger partial charge in [-0.3, -0.25) is 9.62 Å². The fourth-order valence-corrected chi connectivity index (χ4v) is 0. The number of rotatable bonds is 0. The van der Waals surface area contributed by atoms with Gasteiger partial charge in [0, 0.05) is 11.1 Å². The number of nitrogens with one attached hydrogen (secondary N) is 1. The normalized spacial score (nSPS) is 11.7. The van der Waals surface area contributed by atoms with Gasteiger partial charge in [0.05, 0.1) is 0 Å². The van der Waals surface area contributed by atoms with Gasteiger partial charge in [-0.1, -0.05) is 0 Å². The molecule has 0 heterocycles. The van der Waals surface area contributed by atoms with Gasteiger partial charge in [-0.05, 0) is 0 Å². The largest absolute Gasteiger partial charge is 1.00 e. The molecule has 0 spiro atoms. The Bertz CT molecular complexity index is 83.7. The minimum absolute atomic E-state index is 0. The van der Waals surface area contributed by atoms with Crippen LogP contribution in [-0.4, -0.2) is 14.1 Å². The van der Waals surface area contributed by atoms with Gasteiger partial charge in [-0.15, -0.1) is 0 Å². The molecule has 0 fully saturated rings. The van der Waals surface area contributed by atoms with Gasteiger partial charge >= 0.3 is 18.9 Å². The van der Waals surface area contributed by atoms with E-state index in [1.54, 1.807) is 0 Å². The van der Waals surface area contributed by atoms with E-state index in [9.17, 15) is 4.39 Å². The van der Waals surface area contributed by atoms with E-state index in [4.69, 9.17) is 14.2 Å². The van der Waals surface area contributed by atoms with Gasteiger partial charge in [-0.25, -0.2) is 0 Å². The first-order valence-electron chi connectivity index (χ1n) is 0.976. The first-order valence-corrected chi connectivity index (χ1v) is 2.05. The molecule has 0 amide bonds. The van der Waals surface area contributed by atoms with Crippen LogP contribution in [0.15, 0.2) is 0 Å². The summed E-state index contributed by atoms with van der Waals surface area (Å²) in [6.07, 6.45) is 0. The smallest absolute Gasteiger partial charge is 0.766 e. The standard InChI is InChI=1S/CH2FNO2S.Li/c2-1(3)6(4)5;/h3H,(H,4,5);/q;+1/p-1. The molecule has 0 aromatic rings. The molecule has 1 unspecified atom stereocenters. The molecular formula is CHFLiNO2S. The van der Waals surface area contributed by atoms with E-state index in [0.717, 1.165) is 0 Å². The van der Waals surface area contributed by atoms with Gasteiger partial charge < -0.3 is 4.55 Å². The number of hydrogen-bond acceptors (Lipinski definition) is 3. The Balaban J connectivity index is 0. The van der Waals surface area contributed by atoms with Crippen LogP contribution in [0.5, 0.6) is 0 Å². The summed E-state index contributed by atoms with van der Waals surface area (Å²) < 4.78 is 29.0. The third-order valence-electron chi connectivity index (χ3n) is 0.146. The summed E-state index contributed by atoms with van der Waals surface area (Å²) in [5.74, 6) is 0. The summed E-state index contributed by atoms with van der Waals surface area (Å²) >= 11 is -2.95. The van der Waals surface area contributed by atoms with Crippen molar-refractivity contribution in [1.82, 2.24) is 0 Å². The first kappa shape index (κ1) is 10.3. The zero-order valence-corrected chi connectivity index (χ0v) is 4.42. The summed E-state index contributed by atoms with van der Waals surface area (Å²) in [6, 6.07) is 0. The average molecular weight is 117 g/mol. The van der Waals surface area contributed by atoms with Crippen molar-refractivity contribution >= 4 is 16.4 Å². The van der Waals surface area contributed by atoms with E-state index in [2.05, 4.69) is 0 Å². The van der Waals surface area contributed by atoms with Crippen LogP contribution in [0.25, 0.3) is 0 Å². The Kier molecular flexibility index (Phi) is 6.58. The maximum atomic E-state index is 10.8. The molecule has 0 saturated carbocycles. The number of halogens is 1. The average Bonchev–Trinajstić information content (AvgIpc) is 1.36. The fraction of sp³-hybridized carbons (Fsp3) is 0. The van der Waals surface area contributed by atoms with Crippen molar-refractivity contribution in [3.63, 3.8) is 0 Å². The van der Waals surface area contributed by atoms with E-state index >= 15 is 0 Å². The van der Waals surface area contributed by atoms with Crippen LogP contribution in [0.3, 0.4) is 0 Å². The molecule has 3 nitrogen and oxygen atoms in total. The molecule has 0 saturated heterocycles.